The van der Waals surface area contributed by atoms with Gasteiger partial charge in [-0.05, 0) is 24.3 Å². The van der Waals surface area contributed by atoms with Crippen LogP contribution in [0.25, 0.3) is 11.3 Å². The fraction of sp³-hybridized carbons (Fsp3) is 0.379. The average Bonchev–Trinajstić information content (AvgIpc) is 3.29. The molecule has 1 fully saturated rings. The van der Waals surface area contributed by atoms with E-state index in [4.69, 9.17) is 21.4 Å². The molecule has 5 rings (SSSR count). The first kappa shape index (κ1) is 25.4. The monoisotopic (exact) mass is 519 g/mol. The standard InChI is InChI=1S/C29H34ClN5O2/c1-22(36)34-16-13-26-25(21-34)29(23-9-11-24(30)12-10-23)31-35(26)15-6-5-14-32-17-19-33(20-18-32)27-7-3-4-8-28(27)37-2/h3-12H,13-21H2,1-2H3. The molecule has 3 aromatic rings. The van der Waals surface area contributed by atoms with E-state index in [2.05, 4.69) is 38.8 Å². The van der Waals surface area contributed by atoms with Crippen LogP contribution in [0.1, 0.15) is 18.2 Å². The first-order valence-corrected chi connectivity index (χ1v) is 13.3. The Labute approximate surface area is 223 Å². The van der Waals surface area contributed by atoms with Crippen molar-refractivity contribution < 1.29 is 9.53 Å². The van der Waals surface area contributed by atoms with E-state index >= 15 is 0 Å². The van der Waals surface area contributed by atoms with Crippen molar-refractivity contribution in [2.45, 2.75) is 26.4 Å². The van der Waals surface area contributed by atoms with Crippen LogP contribution in [0.2, 0.25) is 5.02 Å². The van der Waals surface area contributed by atoms with Gasteiger partial charge in [-0.2, -0.15) is 5.10 Å². The Kier molecular flexibility index (Phi) is 7.82. The molecule has 3 heterocycles. The van der Waals surface area contributed by atoms with Crippen LogP contribution in [0.5, 0.6) is 5.75 Å². The summed E-state index contributed by atoms with van der Waals surface area (Å²) < 4.78 is 7.64. The lowest BCUT2D eigenvalue weighted by Crippen LogP contribution is -2.46. The van der Waals surface area contributed by atoms with Crippen molar-refractivity contribution in [3.8, 4) is 17.0 Å². The third-order valence-electron chi connectivity index (χ3n) is 7.30. The van der Waals surface area contributed by atoms with Crippen molar-refractivity contribution in [3.05, 3.63) is 77.0 Å². The molecule has 0 N–H and O–H groups in total. The third kappa shape index (κ3) is 5.68. The van der Waals surface area contributed by atoms with Crippen molar-refractivity contribution in [1.82, 2.24) is 19.6 Å². The zero-order valence-electron chi connectivity index (χ0n) is 21.6. The molecule has 8 heteroatoms. The number of aromatic nitrogens is 2. The van der Waals surface area contributed by atoms with Gasteiger partial charge in [0.1, 0.15) is 5.75 Å². The average molecular weight is 520 g/mol. The number of halogens is 1. The van der Waals surface area contributed by atoms with Gasteiger partial charge in [-0.1, -0.05) is 48.0 Å². The Morgan fingerprint density at radius 2 is 1.73 bits per heavy atom. The number of hydrogen-bond acceptors (Lipinski definition) is 5. The zero-order valence-corrected chi connectivity index (χ0v) is 22.3. The van der Waals surface area contributed by atoms with Crippen LogP contribution in [-0.4, -0.2) is 71.9 Å². The molecule has 0 saturated carbocycles. The molecule has 2 aliphatic rings. The number of methoxy groups -OCH3 is 1. The topological polar surface area (TPSA) is 53.8 Å². The molecule has 194 valence electrons. The molecule has 1 amide bonds. The van der Waals surface area contributed by atoms with Gasteiger partial charge in [0, 0.05) is 81.0 Å². The molecule has 1 aromatic heterocycles. The van der Waals surface area contributed by atoms with E-state index in [1.54, 1.807) is 14.0 Å². The number of hydrogen-bond donors (Lipinski definition) is 0. The molecule has 0 spiro atoms. The van der Waals surface area contributed by atoms with E-state index < -0.39 is 0 Å². The first-order chi connectivity index (χ1) is 18.0. The summed E-state index contributed by atoms with van der Waals surface area (Å²) in [6, 6.07) is 16.0. The summed E-state index contributed by atoms with van der Waals surface area (Å²) in [5, 5.41) is 5.68. The van der Waals surface area contributed by atoms with Gasteiger partial charge < -0.3 is 14.5 Å². The van der Waals surface area contributed by atoms with Crippen molar-refractivity contribution in [1.29, 1.82) is 0 Å². The number of anilines is 1. The summed E-state index contributed by atoms with van der Waals surface area (Å²) in [6.07, 6.45) is 5.27. The fourth-order valence-electron chi connectivity index (χ4n) is 5.21. The van der Waals surface area contributed by atoms with Crippen molar-refractivity contribution in [3.63, 3.8) is 0 Å². The summed E-state index contributed by atoms with van der Waals surface area (Å²) in [5.41, 5.74) is 5.51. The quantitative estimate of drug-likeness (QED) is 0.430. The SMILES string of the molecule is COc1ccccc1N1CCN(CC=CCn2nc(-c3ccc(Cl)cc3)c3c2CCN(C(C)=O)C3)CC1. The number of rotatable bonds is 7. The van der Waals surface area contributed by atoms with Gasteiger partial charge in [0.25, 0.3) is 0 Å². The largest absolute Gasteiger partial charge is 0.495 e. The second-order valence-corrected chi connectivity index (χ2v) is 10.0. The van der Waals surface area contributed by atoms with E-state index in [1.807, 2.05) is 41.3 Å². The molecule has 0 radical (unpaired) electrons. The molecule has 2 aromatic carbocycles. The maximum Gasteiger partial charge on any atom is 0.219 e. The number of fused-ring (bicyclic) bond motifs is 1. The minimum Gasteiger partial charge on any atom is -0.495 e. The van der Waals surface area contributed by atoms with E-state index in [0.717, 1.165) is 74.8 Å². The number of carbonyl (C=O) groups excluding carboxylic acids is 1. The number of nitrogens with zero attached hydrogens (tertiary/aromatic N) is 5. The molecule has 0 aliphatic carbocycles. The number of allylic oxidation sites excluding steroid dienone is 1. The number of carbonyl (C=O) groups is 1. The van der Waals surface area contributed by atoms with E-state index in [9.17, 15) is 4.79 Å². The molecule has 2 aliphatic heterocycles. The van der Waals surface area contributed by atoms with E-state index in [0.29, 0.717) is 11.6 Å². The molecule has 0 bridgehead atoms. The number of para-hydroxylation sites is 2. The van der Waals surface area contributed by atoms with Crippen molar-refractivity contribution >= 4 is 23.2 Å². The lowest BCUT2D eigenvalue weighted by molar-refractivity contribution is -0.129. The molecular formula is C29H34ClN5O2. The van der Waals surface area contributed by atoms with Crippen LogP contribution >= 0.6 is 11.6 Å². The number of benzene rings is 2. The van der Waals surface area contributed by atoms with Crippen LogP contribution in [-0.2, 0) is 24.3 Å². The second kappa shape index (κ2) is 11.4. The normalized spacial score (nSPS) is 16.3. The Balaban J connectivity index is 1.23. The Hall–Kier alpha value is -3.29. The number of ether oxygens (including phenoxy) is 1. The second-order valence-electron chi connectivity index (χ2n) is 9.58. The summed E-state index contributed by atoms with van der Waals surface area (Å²) in [6.45, 7) is 8.61. The lowest BCUT2D eigenvalue weighted by Gasteiger charge is -2.36. The van der Waals surface area contributed by atoms with Gasteiger partial charge in [-0.15, -0.1) is 0 Å². The highest BCUT2D eigenvalue weighted by atomic mass is 35.5. The first-order valence-electron chi connectivity index (χ1n) is 12.9. The van der Waals surface area contributed by atoms with Crippen molar-refractivity contribution in [2.24, 2.45) is 0 Å². The zero-order chi connectivity index (χ0) is 25.8. The highest BCUT2D eigenvalue weighted by Crippen LogP contribution is 2.31. The van der Waals surface area contributed by atoms with Crippen LogP contribution in [0, 0.1) is 0 Å². The number of piperazine rings is 1. The van der Waals surface area contributed by atoms with Crippen LogP contribution in [0.4, 0.5) is 5.69 Å². The molecule has 1 saturated heterocycles. The Morgan fingerprint density at radius 3 is 2.46 bits per heavy atom. The van der Waals surface area contributed by atoms with Gasteiger partial charge in [0.2, 0.25) is 5.91 Å². The van der Waals surface area contributed by atoms with Crippen molar-refractivity contribution in [2.75, 3.05) is 51.3 Å². The minimum absolute atomic E-state index is 0.103. The summed E-state index contributed by atoms with van der Waals surface area (Å²) in [7, 11) is 1.73. The minimum atomic E-state index is 0.103. The maximum absolute atomic E-state index is 12.1. The van der Waals surface area contributed by atoms with E-state index in [1.165, 1.54) is 11.4 Å². The Bertz CT molecular complexity index is 1260. The highest BCUT2D eigenvalue weighted by Gasteiger charge is 2.26. The summed E-state index contributed by atoms with van der Waals surface area (Å²) in [5.74, 6) is 1.04. The third-order valence-corrected chi connectivity index (χ3v) is 7.56. The predicted molar refractivity (Wildman–Crippen MR) is 148 cm³/mol. The summed E-state index contributed by atoms with van der Waals surface area (Å²) in [4.78, 5) is 18.8. The summed E-state index contributed by atoms with van der Waals surface area (Å²) >= 11 is 6.11. The molecule has 0 unspecified atom stereocenters. The molecule has 0 atom stereocenters. The van der Waals surface area contributed by atoms with Gasteiger partial charge in [0.15, 0.2) is 0 Å². The van der Waals surface area contributed by atoms with Gasteiger partial charge in [0.05, 0.1) is 25.0 Å². The smallest absolute Gasteiger partial charge is 0.219 e. The molecule has 37 heavy (non-hydrogen) atoms. The fourth-order valence-corrected chi connectivity index (χ4v) is 5.34. The number of amides is 1. The lowest BCUT2D eigenvalue weighted by atomic mass is 10.0. The van der Waals surface area contributed by atoms with E-state index in [-0.39, 0.29) is 5.91 Å². The predicted octanol–water partition coefficient (Wildman–Crippen LogP) is 4.50. The van der Waals surface area contributed by atoms with Gasteiger partial charge in [-0.3, -0.25) is 14.4 Å². The molecule has 7 nitrogen and oxygen atoms in total. The van der Waals surface area contributed by atoms with Crippen LogP contribution in [0.15, 0.2) is 60.7 Å². The maximum atomic E-state index is 12.1. The van der Waals surface area contributed by atoms with Crippen LogP contribution < -0.4 is 9.64 Å². The van der Waals surface area contributed by atoms with Gasteiger partial charge in [-0.25, -0.2) is 0 Å². The Morgan fingerprint density at radius 1 is 1.00 bits per heavy atom. The van der Waals surface area contributed by atoms with Gasteiger partial charge >= 0.3 is 0 Å². The van der Waals surface area contributed by atoms with Crippen LogP contribution in [0.3, 0.4) is 0 Å². The highest BCUT2D eigenvalue weighted by molar-refractivity contribution is 6.30. The molecular weight excluding hydrogens is 486 g/mol.